The Hall–Kier alpha value is -3.78. The van der Waals surface area contributed by atoms with Crippen LogP contribution in [0.2, 0.25) is 0 Å². The number of rotatable bonds is 3. The first-order chi connectivity index (χ1) is 15.8. The van der Waals surface area contributed by atoms with Gasteiger partial charge >= 0.3 is 0 Å². The van der Waals surface area contributed by atoms with Gasteiger partial charge in [0.25, 0.3) is 17.4 Å². The van der Waals surface area contributed by atoms with E-state index in [1.807, 2.05) is 38.1 Å². The van der Waals surface area contributed by atoms with Crippen LogP contribution in [0, 0.1) is 20.8 Å². The Morgan fingerprint density at radius 1 is 0.909 bits per heavy atom. The van der Waals surface area contributed by atoms with Gasteiger partial charge < -0.3 is 0 Å². The maximum atomic E-state index is 13.1. The maximum Gasteiger partial charge on any atom is 0.282 e. The predicted octanol–water partition coefficient (Wildman–Crippen LogP) is 4.64. The number of amides is 2. The summed E-state index contributed by atoms with van der Waals surface area (Å²) in [5.41, 5.74) is 4.19. The first-order valence-electron chi connectivity index (χ1n) is 10.3. The first-order valence-corrected chi connectivity index (χ1v) is 11.1. The minimum Gasteiger partial charge on any atom is -0.295 e. The molecule has 0 atom stereocenters. The van der Waals surface area contributed by atoms with Crippen LogP contribution in [-0.4, -0.2) is 32.8 Å². The summed E-state index contributed by atoms with van der Waals surface area (Å²) < 4.78 is 2.23. The minimum atomic E-state index is -0.532. The van der Waals surface area contributed by atoms with E-state index in [4.69, 9.17) is 0 Å². The van der Waals surface area contributed by atoms with Crippen molar-refractivity contribution in [2.24, 2.45) is 5.10 Å². The number of aromatic nitrogens is 2. The molecule has 1 aliphatic heterocycles. The molecule has 1 N–H and O–H groups in total. The first kappa shape index (κ1) is 21.1. The van der Waals surface area contributed by atoms with Crippen molar-refractivity contribution in [2.45, 2.75) is 20.8 Å². The number of benzene rings is 3. The van der Waals surface area contributed by atoms with E-state index in [2.05, 4.69) is 26.1 Å². The van der Waals surface area contributed by atoms with E-state index in [1.54, 1.807) is 31.2 Å². The standard InChI is InChI=1S/C25H19BrN4O3/c1-13-7-8-16(11-14(13)2)29-25(33)20(15(3)28-29)12-27-30-23(31)18-6-4-5-17-21(26)10-9-19(22(17)18)24(30)32/h4-12,28H,1-3H3/b27-12+. The van der Waals surface area contributed by atoms with Crippen LogP contribution in [0.15, 0.2) is 62.9 Å². The number of carbonyl (C=O) groups is 2. The Labute approximate surface area is 197 Å². The summed E-state index contributed by atoms with van der Waals surface area (Å²) in [6.45, 7) is 5.73. The average molecular weight is 503 g/mol. The number of nitrogens with zero attached hydrogens (tertiary/aromatic N) is 3. The lowest BCUT2D eigenvalue weighted by Crippen LogP contribution is -2.36. The maximum absolute atomic E-state index is 13.1. The number of H-pyrrole nitrogens is 1. The monoisotopic (exact) mass is 502 g/mol. The van der Waals surface area contributed by atoms with E-state index in [-0.39, 0.29) is 11.1 Å². The molecule has 0 aliphatic carbocycles. The Morgan fingerprint density at radius 2 is 1.64 bits per heavy atom. The summed E-state index contributed by atoms with van der Waals surface area (Å²) >= 11 is 3.47. The Balaban J connectivity index is 1.55. The number of carbonyl (C=O) groups excluding carboxylic acids is 2. The van der Waals surface area contributed by atoms with Crippen LogP contribution in [-0.2, 0) is 0 Å². The highest BCUT2D eigenvalue weighted by atomic mass is 79.9. The van der Waals surface area contributed by atoms with Crippen LogP contribution < -0.4 is 5.56 Å². The number of hydrazone groups is 1. The van der Waals surface area contributed by atoms with E-state index >= 15 is 0 Å². The number of halogens is 1. The third kappa shape index (κ3) is 3.25. The van der Waals surface area contributed by atoms with E-state index in [0.29, 0.717) is 27.9 Å². The van der Waals surface area contributed by atoms with Crippen molar-refractivity contribution in [2.75, 3.05) is 0 Å². The lowest BCUT2D eigenvalue weighted by Gasteiger charge is -2.23. The number of imide groups is 1. The van der Waals surface area contributed by atoms with Crippen LogP contribution in [0.5, 0.6) is 0 Å². The molecule has 3 aromatic carbocycles. The van der Waals surface area contributed by atoms with E-state index in [9.17, 15) is 14.4 Å². The summed E-state index contributed by atoms with van der Waals surface area (Å²) in [7, 11) is 0. The van der Waals surface area contributed by atoms with Crippen LogP contribution in [0.25, 0.3) is 16.5 Å². The second kappa shape index (κ2) is 7.67. The molecule has 2 amide bonds. The molecule has 1 aromatic heterocycles. The van der Waals surface area contributed by atoms with Gasteiger partial charge in [-0.25, -0.2) is 4.68 Å². The Bertz CT molecular complexity index is 1560. The summed E-state index contributed by atoms with van der Waals surface area (Å²) in [5, 5.41) is 9.39. The lowest BCUT2D eigenvalue weighted by molar-refractivity contribution is 0.0616. The van der Waals surface area contributed by atoms with Gasteiger partial charge in [0.2, 0.25) is 0 Å². The molecular formula is C25H19BrN4O3. The van der Waals surface area contributed by atoms with E-state index < -0.39 is 11.8 Å². The zero-order valence-corrected chi connectivity index (χ0v) is 19.7. The number of hydrogen-bond acceptors (Lipinski definition) is 4. The van der Waals surface area contributed by atoms with Gasteiger partial charge in [-0.3, -0.25) is 19.5 Å². The molecule has 8 heteroatoms. The van der Waals surface area contributed by atoms with Crippen LogP contribution in [0.3, 0.4) is 0 Å². The fourth-order valence-corrected chi connectivity index (χ4v) is 4.49. The van der Waals surface area contributed by atoms with Gasteiger partial charge in [-0.05, 0) is 67.6 Å². The summed E-state index contributed by atoms with van der Waals surface area (Å²) in [6.07, 6.45) is 1.27. The van der Waals surface area contributed by atoms with Crippen LogP contribution in [0.4, 0.5) is 0 Å². The molecule has 0 spiro atoms. The van der Waals surface area contributed by atoms with Gasteiger partial charge in [-0.1, -0.05) is 34.1 Å². The molecule has 7 nitrogen and oxygen atoms in total. The van der Waals surface area contributed by atoms with Crippen molar-refractivity contribution in [3.05, 3.63) is 96.9 Å². The normalized spacial score (nSPS) is 13.5. The van der Waals surface area contributed by atoms with Gasteiger partial charge in [0, 0.05) is 15.6 Å². The summed E-state index contributed by atoms with van der Waals surface area (Å²) in [5.74, 6) is -1.06. The second-order valence-corrected chi connectivity index (χ2v) is 8.90. The van der Waals surface area contributed by atoms with Gasteiger partial charge in [-0.15, -0.1) is 0 Å². The SMILES string of the molecule is Cc1ccc(-n2[nH]c(C)c(/C=N/N3C(=O)c4cccc5c(Br)ccc(c45)C3=O)c2=O)cc1C. The van der Waals surface area contributed by atoms with E-state index in [1.165, 1.54) is 10.9 Å². The second-order valence-electron chi connectivity index (χ2n) is 8.05. The number of hydrogen-bond donors (Lipinski definition) is 1. The topological polar surface area (TPSA) is 87.5 Å². The van der Waals surface area contributed by atoms with Gasteiger partial charge in [0.15, 0.2) is 0 Å². The highest BCUT2D eigenvalue weighted by molar-refractivity contribution is 9.10. The number of aryl methyl sites for hydroxylation is 3. The van der Waals surface area contributed by atoms with Gasteiger partial charge in [0.05, 0.1) is 28.6 Å². The van der Waals surface area contributed by atoms with Crippen molar-refractivity contribution in [1.82, 2.24) is 14.8 Å². The zero-order valence-electron chi connectivity index (χ0n) is 18.1. The van der Waals surface area contributed by atoms with Gasteiger partial charge in [0.1, 0.15) is 0 Å². The molecule has 1 aliphatic rings. The third-order valence-corrected chi connectivity index (χ3v) is 6.69. The van der Waals surface area contributed by atoms with Crippen molar-refractivity contribution < 1.29 is 9.59 Å². The van der Waals surface area contributed by atoms with Crippen LogP contribution >= 0.6 is 15.9 Å². The fourth-order valence-electron chi connectivity index (χ4n) is 4.03. The van der Waals surface area contributed by atoms with Gasteiger partial charge in [-0.2, -0.15) is 10.1 Å². The molecule has 0 saturated heterocycles. The molecule has 33 heavy (non-hydrogen) atoms. The van der Waals surface area contributed by atoms with Crippen molar-refractivity contribution in [3.63, 3.8) is 0 Å². The van der Waals surface area contributed by atoms with Crippen molar-refractivity contribution >= 4 is 44.7 Å². The van der Waals surface area contributed by atoms with E-state index in [0.717, 1.165) is 26.0 Å². The smallest absolute Gasteiger partial charge is 0.282 e. The predicted molar refractivity (Wildman–Crippen MR) is 130 cm³/mol. The Kier molecular flexibility index (Phi) is 4.90. The number of aromatic amines is 1. The molecule has 4 aromatic rings. The highest BCUT2D eigenvalue weighted by Crippen LogP contribution is 2.34. The molecule has 0 saturated carbocycles. The quantitative estimate of drug-likeness (QED) is 0.327. The van der Waals surface area contributed by atoms with Crippen LogP contribution in [0.1, 0.15) is 43.1 Å². The average Bonchev–Trinajstić information content (AvgIpc) is 3.08. The molecule has 5 rings (SSSR count). The fraction of sp³-hybridized carbons (Fsp3) is 0.120. The number of nitrogens with one attached hydrogen (secondary N) is 1. The summed E-state index contributed by atoms with van der Waals surface area (Å²) in [6, 6.07) is 14.4. The zero-order chi connectivity index (χ0) is 23.4. The molecule has 0 fully saturated rings. The highest BCUT2D eigenvalue weighted by Gasteiger charge is 2.33. The Morgan fingerprint density at radius 3 is 2.36 bits per heavy atom. The van der Waals surface area contributed by atoms with Crippen molar-refractivity contribution in [1.29, 1.82) is 0 Å². The lowest BCUT2D eigenvalue weighted by atomic mass is 9.95. The molecule has 164 valence electrons. The molecule has 2 heterocycles. The third-order valence-electron chi connectivity index (χ3n) is 6.00. The van der Waals surface area contributed by atoms with Crippen molar-refractivity contribution in [3.8, 4) is 5.69 Å². The molecule has 0 radical (unpaired) electrons. The largest absolute Gasteiger partial charge is 0.295 e. The molecule has 0 unspecified atom stereocenters. The molecular weight excluding hydrogens is 484 g/mol. The summed E-state index contributed by atoms with van der Waals surface area (Å²) in [4.78, 5) is 39.3. The molecule has 0 bridgehead atoms. The minimum absolute atomic E-state index is 0.272.